The Morgan fingerprint density at radius 2 is 0.935 bits per heavy atom. The maximum absolute atomic E-state index is 2.40. The van der Waals surface area contributed by atoms with Crippen molar-refractivity contribution in [1.82, 2.24) is 0 Å². The van der Waals surface area contributed by atoms with E-state index in [1.807, 2.05) is 11.3 Å². The zero-order valence-corrected chi connectivity index (χ0v) is 17.8. The first kappa shape index (κ1) is 18.1. The van der Waals surface area contributed by atoms with Gasteiger partial charge in [0.15, 0.2) is 0 Å². The Morgan fingerprint density at radius 3 is 1.58 bits per heavy atom. The summed E-state index contributed by atoms with van der Waals surface area (Å²) in [6.07, 6.45) is 0. The quantitative estimate of drug-likeness (QED) is 0.272. The summed E-state index contributed by atoms with van der Waals surface area (Å²) in [5.41, 5.74) is 7.66. The average molecular weight is 413 g/mol. The molecular weight excluding hydrogens is 392 g/mol. The predicted octanol–water partition coefficient (Wildman–Crippen LogP) is 9.06. The molecule has 0 N–H and O–H groups in total. The molecule has 0 unspecified atom stereocenters. The van der Waals surface area contributed by atoms with E-state index in [0.29, 0.717) is 0 Å². The largest absolute Gasteiger partial charge is 0.135 e. The highest BCUT2D eigenvalue weighted by Crippen LogP contribution is 2.49. The lowest BCUT2D eigenvalue weighted by molar-refractivity contribution is 1.59. The summed E-state index contributed by atoms with van der Waals surface area (Å²) in [5.74, 6) is 0. The van der Waals surface area contributed by atoms with E-state index in [4.69, 9.17) is 0 Å². The van der Waals surface area contributed by atoms with Gasteiger partial charge in [-0.2, -0.15) is 0 Å². The molecule has 1 aromatic heterocycles. The van der Waals surface area contributed by atoms with Crippen LogP contribution in [0.15, 0.2) is 121 Å². The van der Waals surface area contributed by atoms with Gasteiger partial charge in [0.25, 0.3) is 0 Å². The van der Waals surface area contributed by atoms with Gasteiger partial charge >= 0.3 is 0 Å². The Hall–Kier alpha value is -3.68. The number of hydrogen-bond acceptors (Lipinski definition) is 1. The molecule has 0 nitrogen and oxygen atoms in total. The van der Waals surface area contributed by atoms with Gasteiger partial charge in [0.1, 0.15) is 0 Å². The summed E-state index contributed by atoms with van der Waals surface area (Å²) in [6.45, 7) is 0. The van der Waals surface area contributed by atoms with Crippen LogP contribution in [0.25, 0.3) is 53.6 Å². The van der Waals surface area contributed by atoms with Gasteiger partial charge in [0.05, 0.1) is 0 Å². The van der Waals surface area contributed by atoms with Gasteiger partial charge in [0, 0.05) is 25.7 Å². The Bertz CT molecular complexity index is 1490. The first-order valence-corrected chi connectivity index (χ1v) is 11.4. The predicted molar refractivity (Wildman–Crippen MR) is 136 cm³/mol. The Balaban J connectivity index is 1.85. The van der Waals surface area contributed by atoms with Crippen LogP contribution in [-0.2, 0) is 0 Å². The number of rotatable bonds is 3. The van der Waals surface area contributed by atoms with Crippen molar-refractivity contribution in [1.29, 1.82) is 0 Å². The second kappa shape index (κ2) is 7.54. The van der Waals surface area contributed by atoms with E-state index in [1.165, 1.54) is 53.6 Å². The fourth-order valence-corrected chi connectivity index (χ4v) is 5.74. The van der Waals surface area contributed by atoms with Crippen molar-refractivity contribution in [3.05, 3.63) is 121 Å². The lowest BCUT2D eigenvalue weighted by Gasteiger charge is -2.18. The van der Waals surface area contributed by atoms with E-state index in [0.717, 1.165) is 0 Å². The second-order valence-corrected chi connectivity index (χ2v) is 8.80. The molecule has 0 saturated carbocycles. The van der Waals surface area contributed by atoms with Crippen molar-refractivity contribution in [2.24, 2.45) is 0 Å². The third-order valence-corrected chi connectivity index (χ3v) is 7.08. The fraction of sp³-hybridized carbons (Fsp3) is 0. The van der Waals surface area contributed by atoms with E-state index >= 15 is 0 Å². The third kappa shape index (κ3) is 3.06. The summed E-state index contributed by atoms with van der Waals surface area (Å²) < 4.78 is 2.69. The van der Waals surface area contributed by atoms with Gasteiger partial charge < -0.3 is 0 Å². The standard InChI is InChI=1S/C30H20S/c1-4-12-21(13-5-1)25-20-26-24-18-10-11-19-27(24)31-30(26)29(23-16-8-3-9-17-23)28(25)22-14-6-2-7-15-22/h1-20H. The first-order chi connectivity index (χ1) is 15.4. The van der Waals surface area contributed by atoms with Crippen LogP contribution >= 0.6 is 11.3 Å². The van der Waals surface area contributed by atoms with E-state index < -0.39 is 0 Å². The highest BCUT2D eigenvalue weighted by atomic mass is 32.1. The Morgan fingerprint density at radius 1 is 0.419 bits per heavy atom. The molecule has 0 atom stereocenters. The normalized spacial score (nSPS) is 11.2. The molecule has 0 radical (unpaired) electrons. The number of fused-ring (bicyclic) bond motifs is 3. The van der Waals surface area contributed by atoms with Crippen LogP contribution in [0.3, 0.4) is 0 Å². The van der Waals surface area contributed by atoms with Gasteiger partial charge in [0.2, 0.25) is 0 Å². The van der Waals surface area contributed by atoms with Gasteiger partial charge in [-0.25, -0.2) is 0 Å². The van der Waals surface area contributed by atoms with E-state index in [1.54, 1.807) is 0 Å². The molecule has 0 aliphatic carbocycles. The van der Waals surface area contributed by atoms with Gasteiger partial charge in [-0.3, -0.25) is 0 Å². The molecule has 0 saturated heterocycles. The lowest BCUT2D eigenvalue weighted by atomic mass is 9.86. The van der Waals surface area contributed by atoms with Crippen LogP contribution in [0.4, 0.5) is 0 Å². The molecule has 31 heavy (non-hydrogen) atoms. The summed E-state index contributed by atoms with van der Waals surface area (Å²) in [4.78, 5) is 0. The van der Waals surface area contributed by atoms with Crippen molar-refractivity contribution in [2.45, 2.75) is 0 Å². The number of thiophene rings is 1. The molecule has 0 fully saturated rings. The van der Waals surface area contributed by atoms with Gasteiger partial charge in [-0.1, -0.05) is 109 Å². The highest BCUT2D eigenvalue weighted by molar-refractivity contribution is 7.26. The van der Waals surface area contributed by atoms with Crippen LogP contribution in [-0.4, -0.2) is 0 Å². The topological polar surface area (TPSA) is 0 Å². The van der Waals surface area contributed by atoms with Crippen molar-refractivity contribution in [3.8, 4) is 33.4 Å². The summed E-state index contributed by atoms with van der Waals surface area (Å²) in [6, 6.07) is 43.6. The second-order valence-electron chi connectivity index (χ2n) is 7.75. The molecule has 1 heteroatoms. The summed E-state index contributed by atoms with van der Waals surface area (Å²) >= 11 is 1.90. The van der Waals surface area contributed by atoms with Crippen molar-refractivity contribution in [3.63, 3.8) is 0 Å². The molecular formula is C30H20S. The minimum atomic E-state index is 1.25. The molecule has 146 valence electrons. The molecule has 0 amide bonds. The number of hydrogen-bond donors (Lipinski definition) is 0. The van der Waals surface area contributed by atoms with Crippen LogP contribution in [0.5, 0.6) is 0 Å². The zero-order valence-electron chi connectivity index (χ0n) is 17.0. The van der Waals surface area contributed by atoms with Crippen LogP contribution in [0.1, 0.15) is 0 Å². The average Bonchev–Trinajstić information content (AvgIpc) is 3.23. The maximum Gasteiger partial charge on any atom is 0.0440 e. The van der Waals surface area contributed by atoms with Crippen LogP contribution < -0.4 is 0 Å². The van der Waals surface area contributed by atoms with Gasteiger partial charge in [-0.05, 0) is 39.9 Å². The molecule has 0 spiro atoms. The van der Waals surface area contributed by atoms with Crippen molar-refractivity contribution < 1.29 is 0 Å². The van der Waals surface area contributed by atoms with E-state index in [2.05, 4.69) is 121 Å². The number of benzene rings is 5. The monoisotopic (exact) mass is 412 g/mol. The Labute approximate surface area is 186 Å². The minimum Gasteiger partial charge on any atom is -0.135 e. The minimum absolute atomic E-state index is 1.25. The molecule has 6 aromatic rings. The lowest BCUT2D eigenvalue weighted by Crippen LogP contribution is -1.91. The molecule has 0 aliphatic heterocycles. The maximum atomic E-state index is 2.40. The van der Waals surface area contributed by atoms with E-state index in [9.17, 15) is 0 Å². The molecule has 6 rings (SSSR count). The molecule has 1 heterocycles. The smallest absolute Gasteiger partial charge is 0.0440 e. The summed E-state index contributed by atoms with van der Waals surface area (Å²) in [7, 11) is 0. The van der Waals surface area contributed by atoms with Crippen LogP contribution in [0.2, 0.25) is 0 Å². The first-order valence-electron chi connectivity index (χ1n) is 10.5. The van der Waals surface area contributed by atoms with Crippen molar-refractivity contribution >= 4 is 31.5 Å². The van der Waals surface area contributed by atoms with Crippen molar-refractivity contribution in [2.75, 3.05) is 0 Å². The zero-order chi connectivity index (χ0) is 20.6. The fourth-order valence-electron chi connectivity index (χ4n) is 4.49. The summed E-state index contributed by atoms with van der Waals surface area (Å²) in [5, 5.41) is 2.66. The molecule has 0 bridgehead atoms. The SMILES string of the molecule is c1ccc(-c2cc3c(sc4ccccc43)c(-c3ccccc3)c2-c2ccccc2)cc1. The molecule has 0 aliphatic rings. The third-order valence-electron chi connectivity index (χ3n) is 5.88. The van der Waals surface area contributed by atoms with Crippen LogP contribution in [0, 0.1) is 0 Å². The Kier molecular flexibility index (Phi) is 4.40. The molecule has 5 aromatic carbocycles. The van der Waals surface area contributed by atoms with Gasteiger partial charge in [-0.15, -0.1) is 11.3 Å². The van der Waals surface area contributed by atoms with E-state index in [-0.39, 0.29) is 0 Å². The highest BCUT2D eigenvalue weighted by Gasteiger charge is 2.20.